The average molecular weight is 769 g/mol. The van der Waals surface area contributed by atoms with Gasteiger partial charge in [0.25, 0.3) is 5.56 Å². The number of carbonyl (C=O) groups is 2. The minimum atomic E-state index is -0.849. The maximum Gasteiger partial charge on any atom is 0.343 e. The lowest BCUT2D eigenvalue weighted by atomic mass is 9.95. The van der Waals surface area contributed by atoms with Gasteiger partial charge in [0.05, 0.1) is 42.2 Å². The zero-order chi connectivity index (χ0) is 33.5. The minimum Gasteiger partial charge on any atom is -0.490 e. The molecule has 244 valence electrons. The van der Waals surface area contributed by atoms with Crippen molar-refractivity contribution in [3.63, 3.8) is 0 Å². The maximum atomic E-state index is 14.0. The average Bonchev–Trinajstić information content (AvgIpc) is 3.37. The Kier molecular flexibility index (Phi) is 11.1. The Balaban J connectivity index is 1.51. The van der Waals surface area contributed by atoms with Crippen molar-refractivity contribution in [3.8, 4) is 17.2 Å². The standard InChI is InChI=1S/C35H33IN2O8S/c1-5-43-28-18-24(11-16-27(28)46-20-30(39)42-4)32-31(34(41)44-6-2)21(3)37-35-38(32)33(40)29(47-35)17-22-9-14-26(15-10-22)45-19-23-7-12-25(36)13-8-23/h7-18,32H,5-6,19-20H2,1-4H3/b29-17-/t32-/m1/s1. The van der Waals surface area contributed by atoms with Crippen molar-refractivity contribution in [2.24, 2.45) is 4.99 Å². The van der Waals surface area contributed by atoms with Crippen LogP contribution >= 0.6 is 33.9 Å². The largest absolute Gasteiger partial charge is 0.490 e. The number of nitrogens with zero attached hydrogens (tertiary/aromatic N) is 2. The number of halogens is 1. The smallest absolute Gasteiger partial charge is 0.343 e. The van der Waals surface area contributed by atoms with Crippen molar-refractivity contribution in [3.05, 3.63) is 118 Å². The molecule has 0 bridgehead atoms. The molecule has 3 aromatic carbocycles. The third-order valence-corrected chi connectivity index (χ3v) is 8.87. The fraction of sp³-hybridized carbons (Fsp3) is 0.257. The van der Waals surface area contributed by atoms with Crippen LogP contribution in [0.25, 0.3) is 6.08 Å². The Morgan fingerprint density at radius 3 is 2.38 bits per heavy atom. The van der Waals surface area contributed by atoms with Crippen LogP contribution < -0.4 is 29.1 Å². The molecule has 1 aromatic heterocycles. The lowest BCUT2D eigenvalue weighted by Gasteiger charge is -2.25. The number of methoxy groups -OCH3 is 1. The van der Waals surface area contributed by atoms with Gasteiger partial charge in [-0.3, -0.25) is 9.36 Å². The second kappa shape index (κ2) is 15.4. The number of esters is 2. The van der Waals surface area contributed by atoms with Crippen molar-refractivity contribution < 1.29 is 33.3 Å². The molecule has 1 aliphatic heterocycles. The second-order valence-electron chi connectivity index (χ2n) is 10.3. The zero-order valence-corrected chi connectivity index (χ0v) is 29.3. The number of hydrogen-bond acceptors (Lipinski definition) is 10. The molecule has 1 atom stereocenters. The first-order chi connectivity index (χ1) is 22.7. The monoisotopic (exact) mass is 768 g/mol. The lowest BCUT2D eigenvalue weighted by molar-refractivity contribution is -0.143. The number of hydrogen-bond donors (Lipinski definition) is 0. The van der Waals surface area contributed by atoms with Gasteiger partial charge in [-0.15, -0.1) is 0 Å². The molecular weight excluding hydrogens is 735 g/mol. The van der Waals surface area contributed by atoms with Gasteiger partial charge in [0, 0.05) is 3.57 Å². The molecule has 0 amide bonds. The summed E-state index contributed by atoms with van der Waals surface area (Å²) in [5, 5.41) is 0. The molecule has 0 fully saturated rings. The van der Waals surface area contributed by atoms with Gasteiger partial charge in [0.1, 0.15) is 12.4 Å². The van der Waals surface area contributed by atoms with Crippen molar-refractivity contribution in [2.45, 2.75) is 33.4 Å². The van der Waals surface area contributed by atoms with Crippen LogP contribution in [0.2, 0.25) is 0 Å². The number of thiazole rings is 1. The van der Waals surface area contributed by atoms with Crippen LogP contribution in [0.4, 0.5) is 0 Å². The molecule has 0 saturated heterocycles. The predicted molar refractivity (Wildman–Crippen MR) is 185 cm³/mol. The van der Waals surface area contributed by atoms with E-state index in [2.05, 4.69) is 32.3 Å². The highest BCUT2D eigenvalue weighted by Gasteiger charge is 2.34. The van der Waals surface area contributed by atoms with Gasteiger partial charge in [0.15, 0.2) is 22.9 Å². The summed E-state index contributed by atoms with van der Waals surface area (Å²) >= 11 is 3.50. The Labute approximate surface area is 289 Å². The molecule has 0 unspecified atom stereocenters. The van der Waals surface area contributed by atoms with Gasteiger partial charge >= 0.3 is 11.9 Å². The Bertz CT molecular complexity index is 1980. The number of fused-ring (bicyclic) bond motifs is 1. The van der Waals surface area contributed by atoms with Gasteiger partial charge in [-0.05, 0) is 103 Å². The number of benzene rings is 3. The minimum absolute atomic E-state index is 0.154. The Morgan fingerprint density at radius 2 is 1.70 bits per heavy atom. The fourth-order valence-electron chi connectivity index (χ4n) is 4.94. The summed E-state index contributed by atoms with van der Waals surface area (Å²) in [5.74, 6) is 0.255. The highest BCUT2D eigenvalue weighted by Crippen LogP contribution is 2.36. The highest BCUT2D eigenvalue weighted by molar-refractivity contribution is 14.1. The summed E-state index contributed by atoms with van der Waals surface area (Å²) < 4.78 is 30.6. The number of allylic oxidation sites excluding steroid dienone is 1. The molecule has 2 heterocycles. The normalized spacial score (nSPS) is 14.2. The summed E-state index contributed by atoms with van der Waals surface area (Å²) in [6.07, 6.45) is 1.79. The third-order valence-electron chi connectivity index (χ3n) is 7.17. The first kappa shape index (κ1) is 33.9. The van der Waals surface area contributed by atoms with Crippen LogP contribution in [0.1, 0.15) is 43.5 Å². The van der Waals surface area contributed by atoms with E-state index < -0.39 is 18.0 Å². The van der Waals surface area contributed by atoms with E-state index in [0.29, 0.717) is 51.1 Å². The Hall–Kier alpha value is -4.43. The summed E-state index contributed by atoms with van der Waals surface area (Å²) in [6, 6.07) is 19.8. The van der Waals surface area contributed by atoms with Gasteiger partial charge in [-0.2, -0.15) is 0 Å². The van der Waals surface area contributed by atoms with E-state index in [0.717, 1.165) is 14.7 Å². The molecule has 0 saturated carbocycles. The topological polar surface area (TPSA) is 115 Å². The van der Waals surface area contributed by atoms with E-state index in [4.69, 9.17) is 18.9 Å². The lowest BCUT2D eigenvalue weighted by Crippen LogP contribution is -2.40. The molecule has 10 nitrogen and oxygen atoms in total. The van der Waals surface area contributed by atoms with E-state index in [1.807, 2.05) is 55.5 Å². The number of rotatable bonds is 12. The predicted octanol–water partition coefficient (Wildman–Crippen LogP) is 4.93. The SMILES string of the molecule is CCOC(=O)C1=C(C)N=c2s/c(=C\c3ccc(OCc4ccc(I)cc4)cc3)c(=O)n2[C@@H]1c1ccc(OCC(=O)OC)c(OCC)c1. The van der Waals surface area contributed by atoms with Crippen LogP contribution in [0.15, 0.2) is 87.8 Å². The van der Waals surface area contributed by atoms with E-state index in [1.165, 1.54) is 23.0 Å². The van der Waals surface area contributed by atoms with E-state index in [9.17, 15) is 14.4 Å². The second-order valence-corrected chi connectivity index (χ2v) is 12.5. The first-order valence-electron chi connectivity index (χ1n) is 14.9. The van der Waals surface area contributed by atoms with Crippen molar-refractivity contribution >= 4 is 51.9 Å². The Morgan fingerprint density at radius 1 is 0.957 bits per heavy atom. The number of ether oxygens (including phenoxy) is 5. The van der Waals surface area contributed by atoms with Gasteiger partial charge < -0.3 is 23.7 Å². The fourth-order valence-corrected chi connectivity index (χ4v) is 6.35. The van der Waals surface area contributed by atoms with Gasteiger partial charge in [0.2, 0.25) is 0 Å². The summed E-state index contributed by atoms with van der Waals surface area (Å²) in [6.45, 7) is 5.87. The van der Waals surface area contributed by atoms with Crippen LogP contribution in [0.3, 0.4) is 0 Å². The summed E-state index contributed by atoms with van der Waals surface area (Å²) in [7, 11) is 1.27. The van der Waals surface area contributed by atoms with E-state index in [-0.39, 0.29) is 24.3 Å². The van der Waals surface area contributed by atoms with Crippen LogP contribution in [0, 0.1) is 3.57 Å². The molecular formula is C35H33IN2O8S. The highest BCUT2D eigenvalue weighted by atomic mass is 127. The molecule has 4 aromatic rings. The quantitative estimate of drug-likeness (QED) is 0.147. The van der Waals surface area contributed by atoms with Gasteiger partial charge in [-0.1, -0.05) is 41.7 Å². The number of aromatic nitrogens is 1. The van der Waals surface area contributed by atoms with Crippen LogP contribution in [-0.4, -0.2) is 43.4 Å². The van der Waals surface area contributed by atoms with Crippen molar-refractivity contribution in [1.82, 2.24) is 4.57 Å². The molecule has 0 aliphatic carbocycles. The summed E-state index contributed by atoms with van der Waals surface area (Å²) in [5.41, 5.74) is 2.83. The molecule has 0 N–H and O–H groups in total. The molecule has 5 rings (SSSR count). The molecule has 47 heavy (non-hydrogen) atoms. The first-order valence-corrected chi connectivity index (χ1v) is 16.7. The van der Waals surface area contributed by atoms with E-state index >= 15 is 0 Å². The zero-order valence-electron chi connectivity index (χ0n) is 26.3. The van der Waals surface area contributed by atoms with E-state index in [1.54, 1.807) is 38.1 Å². The van der Waals surface area contributed by atoms with Crippen LogP contribution in [-0.2, 0) is 25.7 Å². The van der Waals surface area contributed by atoms with Crippen LogP contribution in [0.5, 0.6) is 17.2 Å². The molecule has 12 heteroatoms. The third kappa shape index (κ3) is 7.93. The van der Waals surface area contributed by atoms with Gasteiger partial charge in [-0.25, -0.2) is 14.6 Å². The number of carbonyl (C=O) groups excluding carboxylic acids is 2. The molecule has 0 spiro atoms. The summed E-state index contributed by atoms with van der Waals surface area (Å²) in [4.78, 5) is 44.1. The maximum absolute atomic E-state index is 14.0. The molecule has 0 radical (unpaired) electrons. The van der Waals surface area contributed by atoms with Crippen molar-refractivity contribution in [1.29, 1.82) is 0 Å². The molecule has 1 aliphatic rings. The van der Waals surface area contributed by atoms with Crippen molar-refractivity contribution in [2.75, 3.05) is 26.9 Å².